The number of rotatable bonds is 5. The molecule has 0 aliphatic carbocycles. The van der Waals surface area contributed by atoms with E-state index in [4.69, 9.17) is 0 Å². The van der Waals surface area contributed by atoms with Gasteiger partial charge in [-0.2, -0.15) is 0 Å². The number of para-hydroxylation sites is 1. The molecule has 4 rings (SSSR count). The molecule has 0 radical (unpaired) electrons. The summed E-state index contributed by atoms with van der Waals surface area (Å²) in [6, 6.07) is 23.4. The molecule has 3 aromatic carbocycles. The van der Waals surface area contributed by atoms with Crippen molar-refractivity contribution in [2.75, 3.05) is 0 Å². The quantitative estimate of drug-likeness (QED) is 0.560. The number of benzene rings is 3. The Balaban J connectivity index is 1.59. The number of hydrogen-bond acceptors (Lipinski definition) is 3. The van der Waals surface area contributed by atoms with Crippen LogP contribution in [0.25, 0.3) is 21.7 Å². The Labute approximate surface area is 161 Å². The monoisotopic (exact) mass is 370 g/mol. The van der Waals surface area contributed by atoms with E-state index in [2.05, 4.69) is 10.3 Å². The predicted molar refractivity (Wildman–Crippen MR) is 108 cm³/mol. The van der Waals surface area contributed by atoms with Crippen molar-refractivity contribution in [1.29, 1.82) is 0 Å². The minimum Gasteiger partial charge on any atom is -0.480 e. The number of carbonyl (C=O) groups excluding carboxylic acids is 1. The van der Waals surface area contributed by atoms with Crippen LogP contribution in [0.4, 0.5) is 0 Å². The molecule has 0 spiro atoms. The van der Waals surface area contributed by atoms with E-state index in [0.717, 1.165) is 21.7 Å². The average molecular weight is 370 g/mol. The van der Waals surface area contributed by atoms with Gasteiger partial charge in [0.05, 0.1) is 5.52 Å². The maximum atomic E-state index is 12.6. The summed E-state index contributed by atoms with van der Waals surface area (Å²) in [5, 5.41) is 15.2. The fraction of sp³-hybridized carbons (Fsp3) is 0.0870. The fourth-order valence-electron chi connectivity index (χ4n) is 3.32. The summed E-state index contributed by atoms with van der Waals surface area (Å²) in [5.74, 6) is -1.58. The molecule has 28 heavy (non-hydrogen) atoms. The number of nitrogens with one attached hydrogen (secondary N) is 1. The number of fused-ring (bicyclic) bond motifs is 2. The zero-order valence-electron chi connectivity index (χ0n) is 15.0. The molecule has 0 aliphatic heterocycles. The minimum atomic E-state index is -1.08. The lowest BCUT2D eigenvalue weighted by atomic mass is 9.98. The summed E-state index contributed by atoms with van der Waals surface area (Å²) in [7, 11) is 0. The Morgan fingerprint density at radius 2 is 1.57 bits per heavy atom. The molecule has 1 amide bonds. The van der Waals surface area contributed by atoms with Gasteiger partial charge in [-0.05, 0) is 28.5 Å². The first kappa shape index (κ1) is 17.7. The van der Waals surface area contributed by atoms with Crippen LogP contribution < -0.4 is 5.32 Å². The summed E-state index contributed by atoms with van der Waals surface area (Å²) in [6.45, 7) is 0. The highest BCUT2D eigenvalue weighted by molar-refractivity contribution is 5.97. The first-order valence-electron chi connectivity index (χ1n) is 8.98. The van der Waals surface area contributed by atoms with E-state index >= 15 is 0 Å². The first-order valence-corrected chi connectivity index (χ1v) is 8.98. The molecule has 0 saturated heterocycles. The zero-order chi connectivity index (χ0) is 19.5. The van der Waals surface area contributed by atoms with Gasteiger partial charge in [-0.1, -0.05) is 66.7 Å². The molecule has 1 aromatic heterocycles. The molecular formula is C23H18N2O3. The smallest absolute Gasteiger partial charge is 0.326 e. The molecule has 5 nitrogen and oxygen atoms in total. The number of pyridine rings is 1. The number of nitrogens with zero attached hydrogens (tertiary/aromatic N) is 1. The number of carboxylic acids is 1. The second kappa shape index (κ2) is 7.48. The lowest BCUT2D eigenvalue weighted by Gasteiger charge is -2.16. The highest BCUT2D eigenvalue weighted by Gasteiger charge is 2.22. The van der Waals surface area contributed by atoms with Gasteiger partial charge in [-0.15, -0.1) is 0 Å². The van der Waals surface area contributed by atoms with Gasteiger partial charge in [-0.25, -0.2) is 9.78 Å². The standard InChI is InChI=1S/C23H18N2O3/c26-22(20-13-12-16-7-2-4-11-19(16)24-20)25-21(23(27)28)14-17-9-5-8-15-6-1-3-10-18(15)17/h1-13,21H,14H2,(H,25,26)(H,27,28)/t21-/m1/s1. The van der Waals surface area contributed by atoms with Crippen LogP contribution in [-0.4, -0.2) is 28.0 Å². The summed E-state index contributed by atoms with van der Waals surface area (Å²) in [4.78, 5) is 28.7. The minimum absolute atomic E-state index is 0.190. The van der Waals surface area contributed by atoms with Gasteiger partial charge in [0, 0.05) is 11.8 Å². The number of aliphatic carboxylic acids is 1. The Morgan fingerprint density at radius 3 is 2.39 bits per heavy atom. The molecule has 0 fully saturated rings. The number of aromatic nitrogens is 1. The van der Waals surface area contributed by atoms with Crippen molar-refractivity contribution in [2.45, 2.75) is 12.5 Å². The molecule has 0 unspecified atom stereocenters. The maximum Gasteiger partial charge on any atom is 0.326 e. The van der Waals surface area contributed by atoms with Crippen molar-refractivity contribution in [1.82, 2.24) is 10.3 Å². The first-order chi connectivity index (χ1) is 13.6. The Kier molecular flexibility index (Phi) is 4.72. The van der Waals surface area contributed by atoms with Gasteiger partial charge in [0.25, 0.3) is 5.91 Å². The Hall–Kier alpha value is -3.73. The van der Waals surface area contributed by atoms with Crippen LogP contribution in [-0.2, 0) is 11.2 Å². The fourth-order valence-corrected chi connectivity index (χ4v) is 3.32. The summed E-state index contributed by atoms with van der Waals surface area (Å²) < 4.78 is 0. The van der Waals surface area contributed by atoms with Crippen molar-refractivity contribution >= 4 is 33.6 Å². The average Bonchev–Trinajstić information content (AvgIpc) is 2.73. The molecule has 5 heteroatoms. The van der Waals surface area contributed by atoms with Crippen LogP contribution in [0.5, 0.6) is 0 Å². The summed E-state index contributed by atoms with van der Waals surface area (Å²) in [5.41, 5.74) is 1.76. The van der Waals surface area contributed by atoms with Crippen molar-refractivity contribution < 1.29 is 14.7 Å². The third kappa shape index (κ3) is 3.55. The van der Waals surface area contributed by atoms with Crippen LogP contribution in [0, 0.1) is 0 Å². The van der Waals surface area contributed by atoms with E-state index in [0.29, 0.717) is 5.52 Å². The van der Waals surface area contributed by atoms with Crippen molar-refractivity contribution in [3.63, 3.8) is 0 Å². The van der Waals surface area contributed by atoms with E-state index in [9.17, 15) is 14.7 Å². The third-order valence-corrected chi connectivity index (χ3v) is 4.74. The van der Waals surface area contributed by atoms with Crippen molar-refractivity contribution in [3.05, 3.63) is 90.1 Å². The van der Waals surface area contributed by atoms with Gasteiger partial charge < -0.3 is 10.4 Å². The summed E-state index contributed by atoms with van der Waals surface area (Å²) >= 11 is 0. The van der Waals surface area contributed by atoms with E-state index in [1.165, 1.54) is 0 Å². The topological polar surface area (TPSA) is 79.3 Å². The van der Waals surface area contributed by atoms with Crippen LogP contribution >= 0.6 is 0 Å². The third-order valence-electron chi connectivity index (χ3n) is 4.74. The van der Waals surface area contributed by atoms with E-state index in [1.54, 1.807) is 12.1 Å². The van der Waals surface area contributed by atoms with Crippen LogP contribution in [0.1, 0.15) is 16.1 Å². The lowest BCUT2D eigenvalue weighted by molar-refractivity contribution is -0.139. The Bertz CT molecular complexity index is 1180. The molecule has 1 atom stereocenters. The molecule has 4 aromatic rings. The lowest BCUT2D eigenvalue weighted by Crippen LogP contribution is -2.42. The SMILES string of the molecule is O=C(N[C@H](Cc1cccc2ccccc12)C(=O)O)c1ccc2ccccc2n1. The van der Waals surface area contributed by atoms with E-state index in [1.807, 2.05) is 66.7 Å². The van der Waals surface area contributed by atoms with Gasteiger partial charge in [0.15, 0.2) is 0 Å². The molecule has 1 heterocycles. The largest absolute Gasteiger partial charge is 0.480 e. The van der Waals surface area contributed by atoms with Gasteiger partial charge in [-0.3, -0.25) is 4.79 Å². The van der Waals surface area contributed by atoms with Gasteiger partial charge >= 0.3 is 5.97 Å². The normalized spacial score (nSPS) is 12.0. The second-order valence-corrected chi connectivity index (χ2v) is 6.60. The number of hydrogen-bond donors (Lipinski definition) is 2. The Morgan fingerprint density at radius 1 is 0.857 bits per heavy atom. The van der Waals surface area contributed by atoms with E-state index in [-0.39, 0.29) is 12.1 Å². The van der Waals surface area contributed by atoms with Crippen LogP contribution in [0.2, 0.25) is 0 Å². The predicted octanol–water partition coefficient (Wildman–Crippen LogP) is 3.81. The number of amides is 1. The number of carbonyl (C=O) groups is 2. The van der Waals surface area contributed by atoms with Gasteiger partial charge in [0.1, 0.15) is 11.7 Å². The molecule has 0 aliphatic rings. The zero-order valence-corrected chi connectivity index (χ0v) is 15.0. The molecule has 138 valence electrons. The van der Waals surface area contributed by atoms with Crippen molar-refractivity contribution in [3.8, 4) is 0 Å². The highest BCUT2D eigenvalue weighted by atomic mass is 16.4. The van der Waals surface area contributed by atoms with Crippen molar-refractivity contribution in [2.24, 2.45) is 0 Å². The van der Waals surface area contributed by atoms with Crippen LogP contribution in [0.15, 0.2) is 78.9 Å². The molecule has 2 N–H and O–H groups in total. The maximum absolute atomic E-state index is 12.6. The molecular weight excluding hydrogens is 352 g/mol. The second-order valence-electron chi connectivity index (χ2n) is 6.60. The van der Waals surface area contributed by atoms with E-state index < -0.39 is 17.9 Å². The molecule has 0 saturated carbocycles. The van der Waals surface area contributed by atoms with Crippen LogP contribution in [0.3, 0.4) is 0 Å². The summed E-state index contributed by atoms with van der Waals surface area (Å²) in [6.07, 6.45) is 0.190. The van der Waals surface area contributed by atoms with Gasteiger partial charge in [0.2, 0.25) is 0 Å². The highest BCUT2D eigenvalue weighted by Crippen LogP contribution is 2.20. The molecule has 0 bridgehead atoms. The number of carboxylic acid groups (broad SMARTS) is 1.